The maximum atomic E-state index is 12.8. The molecule has 6 heteroatoms. The van der Waals surface area contributed by atoms with Crippen molar-refractivity contribution in [2.45, 2.75) is 32.4 Å². The van der Waals surface area contributed by atoms with Crippen LogP contribution in [0.25, 0.3) is 11.0 Å². The molecule has 1 saturated heterocycles. The van der Waals surface area contributed by atoms with Crippen LogP contribution in [0.2, 0.25) is 5.02 Å². The van der Waals surface area contributed by atoms with Gasteiger partial charge < -0.3 is 14.5 Å². The van der Waals surface area contributed by atoms with Gasteiger partial charge in [-0.1, -0.05) is 41.9 Å². The lowest BCUT2D eigenvalue weighted by atomic mass is 10.0. The van der Waals surface area contributed by atoms with Gasteiger partial charge in [0.2, 0.25) is 0 Å². The van der Waals surface area contributed by atoms with Crippen molar-refractivity contribution < 1.29 is 13.9 Å². The third kappa shape index (κ3) is 4.11. The normalized spacial score (nSPS) is 15.6. The first-order valence-electron chi connectivity index (χ1n) is 9.89. The first-order chi connectivity index (χ1) is 14.1. The summed E-state index contributed by atoms with van der Waals surface area (Å²) in [6.07, 6.45) is 1.81. The standard InChI is InChI=1S/C23H25ClN2O3/c1-15-18-7-5-8-19(24)22(18)29-21(15)23(27)25-17-10-12-26(13-11-17)14-16-6-3-4-9-20(16)28-2/h3-9,17H,10-14H2,1-2H3,(H,25,27). The minimum absolute atomic E-state index is 0.138. The fourth-order valence-corrected chi connectivity index (χ4v) is 4.20. The van der Waals surface area contributed by atoms with Gasteiger partial charge in [-0.15, -0.1) is 0 Å². The summed E-state index contributed by atoms with van der Waals surface area (Å²) in [6, 6.07) is 13.8. The van der Waals surface area contributed by atoms with E-state index in [0.717, 1.165) is 49.2 Å². The number of carbonyl (C=O) groups excluding carboxylic acids is 1. The van der Waals surface area contributed by atoms with Crippen molar-refractivity contribution in [1.29, 1.82) is 0 Å². The Morgan fingerprint density at radius 1 is 1.21 bits per heavy atom. The van der Waals surface area contributed by atoms with E-state index in [1.807, 2.05) is 37.3 Å². The monoisotopic (exact) mass is 412 g/mol. The van der Waals surface area contributed by atoms with Crippen molar-refractivity contribution in [1.82, 2.24) is 10.2 Å². The quantitative estimate of drug-likeness (QED) is 0.654. The molecule has 1 fully saturated rings. The Kier molecular flexibility index (Phi) is 5.79. The molecule has 1 aromatic heterocycles. The van der Waals surface area contributed by atoms with Gasteiger partial charge in [0, 0.05) is 42.2 Å². The van der Waals surface area contributed by atoms with Crippen LogP contribution in [0.1, 0.15) is 34.5 Å². The number of methoxy groups -OCH3 is 1. The molecule has 4 rings (SSSR count). The number of nitrogens with zero attached hydrogens (tertiary/aromatic N) is 1. The van der Waals surface area contributed by atoms with E-state index >= 15 is 0 Å². The minimum atomic E-state index is -0.169. The van der Waals surface area contributed by atoms with Crippen LogP contribution in [0.5, 0.6) is 5.75 Å². The van der Waals surface area contributed by atoms with E-state index in [4.69, 9.17) is 20.8 Å². The van der Waals surface area contributed by atoms with Gasteiger partial charge in [-0.25, -0.2) is 0 Å². The molecule has 5 nitrogen and oxygen atoms in total. The summed E-state index contributed by atoms with van der Waals surface area (Å²) in [5.41, 5.74) is 2.59. The number of para-hydroxylation sites is 2. The number of rotatable bonds is 5. The number of fused-ring (bicyclic) bond motifs is 1. The molecule has 0 unspecified atom stereocenters. The highest BCUT2D eigenvalue weighted by Crippen LogP contribution is 2.31. The van der Waals surface area contributed by atoms with E-state index in [-0.39, 0.29) is 11.9 Å². The number of furan rings is 1. The predicted molar refractivity (Wildman–Crippen MR) is 115 cm³/mol. The van der Waals surface area contributed by atoms with Gasteiger partial charge in [-0.2, -0.15) is 0 Å². The molecule has 0 radical (unpaired) electrons. The van der Waals surface area contributed by atoms with Crippen LogP contribution in [-0.2, 0) is 6.54 Å². The number of carbonyl (C=O) groups is 1. The molecule has 1 N–H and O–H groups in total. The number of hydrogen-bond donors (Lipinski definition) is 1. The summed E-state index contributed by atoms with van der Waals surface area (Å²) < 4.78 is 11.2. The number of likely N-dealkylation sites (tertiary alicyclic amines) is 1. The van der Waals surface area contributed by atoms with Gasteiger partial charge >= 0.3 is 0 Å². The Morgan fingerprint density at radius 3 is 2.69 bits per heavy atom. The van der Waals surface area contributed by atoms with Crippen LogP contribution in [0, 0.1) is 6.92 Å². The van der Waals surface area contributed by atoms with Gasteiger partial charge in [0.1, 0.15) is 5.75 Å². The van der Waals surface area contributed by atoms with Crippen molar-refractivity contribution >= 4 is 28.5 Å². The van der Waals surface area contributed by atoms with Crippen LogP contribution in [0.3, 0.4) is 0 Å². The zero-order chi connectivity index (χ0) is 20.4. The van der Waals surface area contributed by atoms with Crippen LogP contribution in [0.4, 0.5) is 0 Å². The van der Waals surface area contributed by atoms with Crippen LogP contribution >= 0.6 is 11.6 Å². The zero-order valence-electron chi connectivity index (χ0n) is 16.7. The number of ether oxygens (including phenoxy) is 1. The molecule has 29 heavy (non-hydrogen) atoms. The molecule has 0 saturated carbocycles. The number of aryl methyl sites for hydroxylation is 1. The van der Waals surface area contributed by atoms with Crippen molar-refractivity contribution in [2.75, 3.05) is 20.2 Å². The summed E-state index contributed by atoms with van der Waals surface area (Å²) >= 11 is 6.20. The first-order valence-corrected chi connectivity index (χ1v) is 10.3. The number of hydrogen-bond acceptors (Lipinski definition) is 4. The van der Waals surface area contributed by atoms with Gasteiger partial charge in [-0.3, -0.25) is 9.69 Å². The van der Waals surface area contributed by atoms with Crippen LogP contribution < -0.4 is 10.1 Å². The maximum absolute atomic E-state index is 12.8. The molecule has 2 heterocycles. The molecular formula is C23H25ClN2O3. The zero-order valence-corrected chi connectivity index (χ0v) is 17.5. The van der Waals surface area contributed by atoms with E-state index < -0.39 is 0 Å². The summed E-state index contributed by atoms with van der Waals surface area (Å²) in [7, 11) is 1.70. The Labute approximate surface area is 175 Å². The molecule has 1 aliphatic heterocycles. The largest absolute Gasteiger partial charge is 0.496 e. The smallest absolute Gasteiger partial charge is 0.287 e. The topological polar surface area (TPSA) is 54.7 Å². The third-order valence-corrected chi connectivity index (χ3v) is 5.93. The second-order valence-electron chi connectivity index (χ2n) is 7.51. The number of nitrogens with one attached hydrogen (secondary N) is 1. The maximum Gasteiger partial charge on any atom is 0.287 e. The average molecular weight is 413 g/mol. The third-order valence-electron chi connectivity index (χ3n) is 5.63. The van der Waals surface area contributed by atoms with Gasteiger partial charge in [0.15, 0.2) is 11.3 Å². The van der Waals surface area contributed by atoms with E-state index in [9.17, 15) is 4.79 Å². The van der Waals surface area contributed by atoms with Gasteiger partial charge in [0.25, 0.3) is 5.91 Å². The van der Waals surface area contributed by atoms with Gasteiger partial charge in [0.05, 0.1) is 12.1 Å². The van der Waals surface area contributed by atoms with Gasteiger partial charge in [-0.05, 0) is 31.9 Å². The lowest BCUT2D eigenvalue weighted by Gasteiger charge is -2.32. The Balaban J connectivity index is 1.37. The summed E-state index contributed by atoms with van der Waals surface area (Å²) in [4.78, 5) is 15.2. The second-order valence-corrected chi connectivity index (χ2v) is 7.92. The molecule has 2 aromatic carbocycles. The molecular weight excluding hydrogens is 388 g/mol. The average Bonchev–Trinajstić information content (AvgIpc) is 3.08. The van der Waals surface area contributed by atoms with Crippen molar-refractivity contribution in [3.8, 4) is 5.75 Å². The predicted octanol–water partition coefficient (Wildman–Crippen LogP) is 4.80. The Hall–Kier alpha value is -2.50. The Bertz CT molecular complexity index is 1020. The molecule has 0 aliphatic carbocycles. The highest BCUT2D eigenvalue weighted by atomic mass is 35.5. The van der Waals surface area contributed by atoms with Crippen molar-refractivity contribution in [3.05, 3.63) is 64.4 Å². The molecule has 1 aliphatic rings. The summed E-state index contributed by atoms with van der Waals surface area (Å²) in [5, 5.41) is 4.54. The molecule has 0 atom stereocenters. The molecule has 3 aromatic rings. The number of benzene rings is 2. The van der Waals surface area contributed by atoms with Crippen molar-refractivity contribution in [3.63, 3.8) is 0 Å². The molecule has 0 bridgehead atoms. The number of halogens is 1. The van der Waals surface area contributed by atoms with E-state index in [1.165, 1.54) is 5.56 Å². The number of amides is 1. The lowest BCUT2D eigenvalue weighted by Crippen LogP contribution is -2.44. The van der Waals surface area contributed by atoms with Crippen LogP contribution in [-0.4, -0.2) is 37.0 Å². The highest BCUT2D eigenvalue weighted by Gasteiger charge is 2.25. The molecule has 152 valence electrons. The first kappa shape index (κ1) is 19.8. The van der Waals surface area contributed by atoms with Crippen LogP contribution in [0.15, 0.2) is 46.9 Å². The van der Waals surface area contributed by atoms with E-state index in [0.29, 0.717) is 16.4 Å². The summed E-state index contributed by atoms with van der Waals surface area (Å²) in [5.74, 6) is 1.10. The molecule has 1 amide bonds. The Morgan fingerprint density at radius 2 is 1.97 bits per heavy atom. The fourth-order valence-electron chi connectivity index (χ4n) is 3.99. The second kappa shape index (κ2) is 8.47. The fraction of sp³-hybridized carbons (Fsp3) is 0.348. The SMILES string of the molecule is COc1ccccc1CN1CCC(NC(=O)c2oc3c(Cl)cccc3c2C)CC1. The number of piperidine rings is 1. The van der Waals surface area contributed by atoms with Crippen molar-refractivity contribution in [2.24, 2.45) is 0 Å². The van der Waals surface area contributed by atoms with E-state index in [2.05, 4.69) is 16.3 Å². The highest BCUT2D eigenvalue weighted by molar-refractivity contribution is 6.35. The minimum Gasteiger partial charge on any atom is -0.496 e. The lowest BCUT2D eigenvalue weighted by molar-refractivity contribution is 0.0882. The molecule has 0 spiro atoms. The summed E-state index contributed by atoms with van der Waals surface area (Å²) in [6.45, 7) is 4.60. The van der Waals surface area contributed by atoms with E-state index in [1.54, 1.807) is 13.2 Å².